The lowest BCUT2D eigenvalue weighted by Gasteiger charge is -2.06. The lowest BCUT2D eigenvalue weighted by molar-refractivity contribution is -0.140. The van der Waals surface area contributed by atoms with Crippen molar-refractivity contribution in [2.75, 3.05) is 13.7 Å². The van der Waals surface area contributed by atoms with Crippen molar-refractivity contribution < 1.29 is 19.1 Å². The molecule has 0 saturated carbocycles. The number of methoxy groups -OCH3 is 1. The Morgan fingerprint density at radius 3 is 2.68 bits per heavy atom. The van der Waals surface area contributed by atoms with Crippen molar-refractivity contribution >= 4 is 11.9 Å². The molecule has 100 valence electrons. The fraction of sp³-hybridized carbons (Fsp3) is 0.357. The molecule has 0 radical (unpaired) electrons. The van der Waals surface area contributed by atoms with Gasteiger partial charge in [0, 0.05) is 6.42 Å². The summed E-state index contributed by atoms with van der Waals surface area (Å²) in [5, 5.41) is 8.95. The molecular weight excluding hydrogens is 246 g/mol. The van der Waals surface area contributed by atoms with Crippen molar-refractivity contribution in [2.24, 2.45) is 0 Å². The van der Waals surface area contributed by atoms with Gasteiger partial charge in [-0.05, 0) is 31.0 Å². The van der Waals surface area contributed by atoms with Crippen molar-refractivity contribution in [3.05, 3.63) is 34.9 Å². The molecule has 0 aliphatic carbocycles. The number of ether oxygens (including phenoxy) is 2. The SMILES string of the molecule is CCOC(=O)c1cc(CCC(=O)OC)ccc1C#N. The zero-order chi connectivity index (χ0) is 14.3. The van der Waals surface area contributed by atoms with Gasteiger partial charge in [-0.25, -0.2) is 4.79 Å². The molecule has 0 spiro atoms. The summed E-state index contributed by atoms with van der Waals surface area (Å²) < 4.78 is 9.44. The Labute approximate surface area is 111 Å². The van der Waals surface area contributed by atoms with Gasteiger partial charge < -0.3 is 9.47 Å². The van der Waals surface area contributed by atoms with Crippen LogP contribution in [0.1, 0.15) is 34.8 Å². The average Bonchev–Trinajstić information content (AvgIpc) is 2.44. The number of benzene rings is 1. The topological polar surface area (TPSA) is 76.4 Å². The van der Waals surface area contributed by atoms with Gasteiger partial charge in [0.25, 0.3) is 0 Å². The minimum Gasteiger partial charge on any atom is -0.469 e. The summed E-state index contributed by atoms with van der Waals surface area (Å²) in [6.07, 6.45) is 0.676. The average molecular weight is 261 g/mol. The Bertz CT molecular complexity index is 517. The molecule has 19 heavy (non-hydrogen) atoms. The van der Waals surface area contributed by atoms with Crippen LogP contribution in [0, 0.1) is 11.3 Å². The molecule has 0 aliphatic rings. The largest absolute Gasteiger partial charge is 0.469 e. The van der Waals surface area contributed by atoms with Crippen LogP contribution in [-0.4, -0.2) is 25.7 Å². The minimum absolute atomic E-state index is 0.227. The first-order chi connectivity index (χ1) is 9.12. The third-order valence-electron chi connectivity index (χ3n) is 2.55. The zero-order valence-corrected chi connectivity index (χ0v) is 10.9. The number of carbonyl (C=O) groups is 2. The van der Waals surface area contributed by atoms with Gasteiger partial charge in [0.1, 0.15) is 6.07 Å². The number of aryl methyl sites for hydroxylation is 1. The van der Waals surface area contributed by atoms with Crippen LogP contribution in [-0.2, 0) is 20.7 Å². The highest BCUT2D eigenvalue weighted by atomic mass is 16.5. The number of hydrogen-bond donors (Lipinski definition) is 0. The third kappa shape index (κ3) is 4.11. The molecule has 1 aromatic carbocycles. The highest BCUT2D eigenvalue weighted by Crippen LogP contribution is 2.14. The van der Waals surface area contributed by atoms with Gasteiger partial charge in [0.05, 0.1) is 24.8 Å². The van der Waals surface area contributed by atoms with E-state index < -0.39 is 5.97 Å². The van der Waals surface area contributed by atoms with Crippen molar-refractivity contribution in [3.63, 3.8) is 0 Å². The summed E-state index contributed by atoms with van der Waals surface area (Å²) >= 11 is 0. The van der Waals surface area contributed by atoms with Crippen molar-refractivity contribution in [1.82, 2.24) is 0 Å². The Balaban J connectivity index is 2.92. The van der Waals surface area contributed by atoms with E-state index in [1.54, 1.807) is 25.1 Å². The zero-order valence-electron chi connectivity index (χ0n) is 10.9. The van der Waals surface area contributed by atoms with Crippen molar-refractivity contribution in [1.29, 1.82) is 5.26 Å². The molecule has 0 heterocycles. The molecule has 1 rings (SSSR count). The van der Waals surface area contributed by atoms with Crippen molar-refractivity contribution in [2.45, 2.75) is 19.8 Å². The third-order valence-corrected chi connectivity index (χ3v) is 2.55. The lowest BCUT2D eigenvalue weighted by atomic mass is 10.0. The molecule has 0 unspecified atom stereocenters. The summed E-state index contributed by atoms with van der Waals surface area (Å²) in [6, 6.07) is 6.80. The maximum absolute atomic E-state index is 11.7. The summed E-state index contributed by atoms with van der Waals surface area (Å²) in [6.45, 7) is 1.95. The molecule has 0 N–H and O–H groups in total. The highest BCUT2D eigenvalue weighted by Gasteiger charge is 2.13. The Morgan fingerprint density at radius 1 is 1.37 bits per heavy atom. The summed E-state index contributed by atoms with van der Waals surface area (Å²) in [5.74, 6) is -0.846. The van der Waals surface area contributed by atoms with E-state index in [1.807, 2.05) is 6.07 Å². The summed E-state index contributed by atoms with van der Waals surface area (Å²) in [7, 11) is 1.32. The second-order valence-corrected chi connectivity index (χ2v) is 3.79. The van der Waals surface area contributed by atoms with E-state index in [2.05, 4.69) is 4.74 Å². The standard InChI is InChI=1S/C14H15NO4/c1-3-19-14(17)12-8-10(4-6-11(12)9-15)5-7-13(16)18-2/h4,6,8H,3,5,7H2,1-2H3. The fourth-order valence-electron chi connectivity index (χ4n) is 1.57. The molecule has 1 aromatic rings. The first-order valence-corrected chi connectivity index (χ1v) is 5.89. The maximum Gasteiger partial charge on any atom is 0.339 e. The Morgan fingerprint density at radius 2 is 2.11 bits per heavy atom. The van der Waals surface area contributed by atoms with Crippen LogP contribution in [0.15, 0.2) is 18.2 Å². The molecule has 0 aromatic heterocycles. The first kappa shape index (κ1) is 14.7. The van der Waals surface area contributed by atoms with E-state index in [0.717, 1.165) is 5.56 Å². The van der Waals surface area contributed by atoms with Crippen LogP contribution in [0.25, 0.3) is 0 Å². The Kier molecular flexibility index (Phi) is 5.55. The highest BCUT2D eigenvalue weighted by molar-refractivity contribution is 5.92. The van der Waals surface area contributed by atoms with Crippen LogP contribution < -0.4 is 0 Å². The van der Waals surface area contributed by atoms with E-state index in [0.29, 0.717) is 6.42 Å². The van der Waals surface area contributed by atoms with Crippen LogP contribution >= 0.6 is 0 Å². The molecule has 0 aliphatic heterocycles. The fourth-order valence-corrected chi connectivity index (χ4v) is 1.57. The van der Waals surface area contributed by atoms with Gasteiger partial charge in [-0.3, -0.25) is 4.79 Å². The van der Waals surface area contributed by atoms with Crippen LogP contribution in [0.4, 0.5) is 0 Å². The number of nitrogens with zero attached hydrogens (tertiary/aromatic N) is 1. The van der Waals surface area contributed by atoms with Gasteiger partial charge in [0.2, 0.25) is 0 Å². The molecule has 0 saturated heterocycles. The minimum atomic E-state index is -0.529. The van der Waals surface area contributed by atoms with E-state index in [-0.39, 0.29) is 30.1 Å². The van der Waals surface area contributed by atoms with E-state index in [1.165, 1.54) is 7.11 Å². The monoisotopic (exact) mass is 261 g/mol. The normalized spacial score (nSPS) is 9.53. The summed E-state index contributed by atoms with van der Waals surface area (Å²) in [5.41, 5.74) is 1.28. The molecular formula is C14H15NO4. The van der Waals surface area contributed by atoms with E-state index in [4.69, 9.17) is 10.00 Å². The van der Waals surface area contributed by atoms with Gasteiger partial charge in [-0.1, -0.05) is 6.07 Å². The first-order valence-electron chi connectivity index (χ1n) is 5.89. The van der Waals surface area contributed by atoms with Gasteiger partial charge in [-0.2, -0.15) is 5.26 Å². The lowest BCUT2D eigenvalue weighted by Crippen LogP contribution is -2.08. The molecule has 5 heteroatoms. The summed E-state index contributed by atoms with van der Waals surface area (Å²) in [4.78, 5) is 22.8. The smallest absolute Gasteiger partial charge is 0.339 e. The number of hydrogen-bond acceptors (Lipinski definition) is 5. The number of carbonyl (C=O) groups excluding carboxylic acids is 2. The molecule has 0 atom stereocenters. The van der Waals surface area contributed by atoms with E-state index in [9.17, 15) is 9.59 Å². The van der Waals surface area contributed by atoms with Gasteiger partial charge in [0.15, 0.2) is 0 Å². The van der Waals surface area contributed by atoms with Gasteiger partial charge >= 0.3 is 11.9 Å². The van der Waals surface area contributed by atoms with Crippen LogP contribution in [0.2, 0.25) is 0 Å². The van der Waals surface area contributed by atoms with E-state index >= 15 is 0 Å². The number of esters is 2. The predicted molar refractivity (Wildman–Crippen MR) is 67.5 cm³/mol. The Hall–Kier alpha value is -2.35. The predicted octanol–water partition coefficient (Wildman–Crippen LogP) is 1.84. The molecule has 0 fully saturated rings. The molecule has 0 bridgehead atoms. The van der Waals surface area contributed by atoms with Crippen LogP contribution in [0.3, 0.4) is 0 Å². The molecule has 5 nitrogen and oxygen atoms in total. The van der Waals surface area contributed by atoms with Gasteiger partial charge in [-0.15, -0.1) is 0 Å². The maximum atomic E-state index is 11.7. The number of rotatable bonds is 5. The second-order valence-electron chi connectivity index (χ2n) is 3.79. The van der Waals surface area contributed by atoms with Crippen molar-refractivity contribution in [3.8, 4) is 6.07 Å². The number of nitriles is 1. The molecule has 0 amide bonds. The van der Waals surface area contributed by atoms with Crippen LogP contribution in [0.5, 0.6) is 0 Å². The second kappa shape index (κ2) is 7.17. The quantitative estimate of drug-likeness (QED) is 0.756.